The molecule has 0 aliphatic carbocycles. The van der Waals surface area contributed by atoms with Gasteiger partial charge in [0, 0.05) is 36.2 Å². The van der Waals surface area contributed by atoms with Crippen LogP contribution >= 0.6 is 0 Å². The lowest BCUT2D eigenvalue weighted by Crippen LogP contribution is -2.44. The number of aromatic carboxylic acids is 1. The van der Waals surface area contributed by atoms with Gasteiger partial charge in [-0.25, -0.2) is 14.8 Å². The summed E-state index contributed by atoms with van der Waals surface area (Å²) in [5.41, 5.74) is 2.30. The summed E-state index contributed by atoms with van der Waals surface area (Å²) in [6, 6.07) is 8.71. The van der Waals surface area contributed by atoms with Crippen molar-refractivity contribution in [2.24, 2.45) is 11.3 Å². The molecule has 154 valence electrons. The van der Waals surface area contributed by atoms with Crippen molar-refractivity contribution in [2.75, 3.05) is 13.1 Å². The van der Waals surface area contributed by atoms with Crippen LogP contribution in [0.3, 0.4) is 0 Å². The van der Waals surface area contributed by atoms with Crippen molar-refractivity contribution >= 4 is 11.9 Å². The molecule has 1 fully saturated rings. The van der Waals surface area contributed by atoms with Crippen LogP contribution in [0.25, 0.3) is 11.3 Å². The highest BCUT2D eigenvalue weighted by molar-refractivity contribution is 5.89. The SMILES string of the molecule is Cc1cc(-c2cccc(C(=O)O)c2)nc(CC2CCN(C(=O)C(C)(C)C)CC2)n1. The largest absolute Gasteiger partial charge is 0.478 e. The monoisotopic (exact) mass is 395 g/mol. The molecule has 0 unspecified atom stereocenters. The van der Waals surface area contributed by atoms with E-state index in [0.717, 1.165) is 55.1 Å². The molecule has 1 amide bonds. The number of hydrogen-bond donors (Lipinski definition) is 1. The van der Waals surface area contributed by atoms with Crippen molar-refractivity contribution in [3.8, 4) is 11.3 Å². The van der Waals surface area contributed by atoms with Crippen molar-refractivity contribution in [1.82, 2.24) is 14.9 Å². The zero-order chi connectivity index (χ0) is 21.2. The minimum atomic E-state index is -0.950. The van der Waals surface area contributed by atoms with Crippen molar-refractivity contribution in [2.45, 2.75) is 47.0 Å². The Bertz CT molecular complexity index is 910. The van der Waals surface area contributed by atoms with Crippen LogP contribution in [0.2, 0.25) is 0 Å². The number of likely N-dealkylation sites (tertiary alicyclic amines) is 1. The van der Waals surface area contributed by atoms with Gasteiger partial charge in [0.15, 0.2) is 0 Å². The van der Waals surface area contributed by atoms with E-state index >= 15 is 0 Å². The third kappa shape index (κ3) is 5.19. The molecule has 1 aliphatic rings. The molecule has 0 bridgehead atoms. The van der Waals surface area contributed by atoms with Gasteiger partial charge in [0.2, 0.25) is 5.91 Å². The summed E-state index contributed by atoms with van der Waals surface area (Å²) >= 11 is 0. The highest BCUT2D eigenvalue weighted by atomic mass is 16.4. The van der Waals surface area contributed by atoms with Gasteiger partial charge in [-0.3, -0.25) is 4.79 Å². The number of nitrogens with zero attached hydrogens (tertiary/aromatic N) is 3. The molecule has 6 nitrogen and oxygen atoms in total. The smallest absolute Gasteiger partial charge is 0.335 e. The van der Waals surface area contributed by atoms with Crippen LogP contribution < -0.4 is 0 Å². The van der Waals surface area contributed by atoms with Crippen LogP contribution in [-0.4, -0.2) is 44.9 Å². The molecule has 2 heterocycles. The van der Waals surface area contributed by atoms with Gasteiger partial charge in [0.1, 0.15) is 5.82 Å². The highest BCUT2D eigenvalue weighted by Crippen LogP contribution is 2.26. The van der Waals surface area contributed by atoms with Gasteiger partial charge in [-0.15, -0.1) is 0 Å². The van der Waals surface area contributed by atoms with E-state index in [1.807, 2.05) is 44.7 Å². The first-order valence-corrected chi connectivity index (χ1v) is 10.1. The topological polar surface area (TPSA) is 83.4 Å². The number of carbonyl (C=O) groups is 2. The number of hydrogen-bond acceptors (Lipinski definition) is 4. The molecule has 1 saturated heterocycles. The van der Waals surface area contributed by atoms with Crippen LogP contribution in [0.5, 0.6) is 0 Å². The van der Waals surface area contributed by atoms with Crippen molar-refractivity contribution in [3.63, 3.8) is 0 Å². The van der Waals surface area contributed by atoms with Crippen molar-refractivity contribution in [3.05, 3.63) is 47.4 Å². The van der Waals surface area contributed by atoms with Crippen LogP contribution in [0, 0.1) is 18.3 Å². The summed E-state index contributed by atoms with van der Waals surface area (Å²) < 4.78 is 0. The number of aromatic nitrogens is 2. The van der Waals surface area contributed by atoms with Crippen LogP contribution in [0.15, 0.2) is 30.3 Å². The van der Waals surface area contributed by atoms with Gasteiger partial charge in [-0.1, -0.05) is 32.9 Å². The standard InChI is InChI=1S/C23H29N3O3/c1-15-12-19(17-6-5-7-18(14-17)21(27)28)25-20(24-15)13-16-8-10-26(11-9-16)22(29)23(2,3)4/h5-7,12,14,16H,8-11,13H2,1-4H3,(H,27,28). The number of amides is 1. The van der Waals surface area contributed by atoms with Gasteiger partial charge in [0.05, 0.1) is 11.3 Å². The molecule has 0 radical (unpaired) electrons. The van der Waals surface area contributed by atoms with E-state index < -0.39 is 5.97 Å². The van der Waals surface area contributed by atoms with E-state index in [0.29, 0.717) is 5.92 Å². The normalized spacial score (nSPS) is 15.4. The summed E-state index contributed by atoms with van der Waals surface area (Å²) in [7, 11) is 0. The summed E-state index contributed by atoms with van der Waals surface area (Å²) in [5.74, 6) is 0.484. The Morgan fingerprint density at radius 1 is 1.14 bits per heavy atom. The number of carboxylic acids is 1. The van der Waals surface area contributed by atoms with E-state index in [2.05, 4.69) is 4.98 Å². The van der Waals surface area contributed by atoms with Gasteiger partial charge >= 0.3 is 5.97 Å². The fraction of sp³-hybridized carbons (Fsp3) is 0.478. The molecule has 0 saturated carbocycles. The molecule has 2 aromatic rings. The van der Waals surface area contributed by atoms with E-state index in [1.165, 1.54) is 0 Å². The number of aryl methyl sites for hydroxylation is 1. The van der Waals surface area contributed by atoms with Gasteiger partial charge < -0.3 is 10.0 Å². The maximum absolute atomic E-state index is 12.5. The minimum absolute atomic E-state index is 0.211. The second-order valence-corrected chi connectivity index (χ2v) is 8.89. The summed E-state index contributed by atoms with van der Waals surface area (Å²) in [6.07, 6.45) is 2.66. The molecule has 0 spiro atoms. The summed E-state index contributed by atoms with van der Waals surface area (Å²) in [5, 5.41) is 9.23. The fourth-order valence-corrected chi connectivity index (χ4v) is 3.75. The first-order valence-electron chi connectivity index (χ1n) is 10.1. The molecular formula is C23H29N3O3. The lowest BCUT2D eigenvalue weighted by Gasteiger charge is -2.35. The number of benzene rings is 1. The summed E-state index contributed by atoms with van der Waals surface area (Å²) in [4.78, 5) is 35.0. The molecule has 1 N–H and O–H groups in total. The number of carboxylic acid groups (broad SMARTS) is 1. The zero-order valence-electron chi connectivity index (χ0n) is 17.6. The molecule has 1 aliphatic heterocycles. The first kappa shape index (κ1) is 21.0. The van der Waals surface area contributed by atoms with Crippen LogP contribution in [0.4, 0.5) is 0 Å². The molecule has 3 rings (SSSR count). The predicted molar refractivity (Wildman–Crippen MR) is 112 cm³/mol. The average molecular weight is 396 g/mol. The van der Waals surface area contributed by atoms with E-state index in [4.69, 9.17) is 4.98 Å². The lowest BCUT2D eigenvalue weighted by molar-refractivity contribution is -0.140. The van der Waals surface area contributed by atoms with E-state index in [-0.39, 0.29) is 16.9 Å². The van der Waals surface area contributed by atoms with Crippen LogP contribution in [0.1, 0.15) is 55.5 Å². The molecule has 0 atom stereocenters. The number of carbonyl (C=O) groups excluding carboxylic acids is 1. The second-order valence-electron chi connectivity index (χ2n) is 8.89. The third-order valence-electron chi connectivity index (χ3n) is 5.32. The van der Waals surface area contributed by atoms with Gasteiger partial charge in [-0.05, 0) is 43.9 Å². The van der Waals surface area contributed by atoms with Gasteiger partial charge in [0.25, 0.3) is 0 Å². The predicted octanol–water partition coefficient (Wildman–Crippen LogP) is 3.98. The van der Waals surface area contributed by atoms with E-state index in [1.54, 1.807) is 18.2 Å². The van der Waals surface area contributed by atoms with E-state index in [9.17, 15) is 14.7 Å². The Kier molecular flexibility index (Phi) is 6.01. The van der Waals surface area contributed by atoms with Gasteiger partial charge in [-0.2, -0.15) is 0 Å². The molecule has 29 heavy (non-hydrogen) atoms. The third-order valence-corrected chi connectivity index (χ3v) is 5.32. The molecular weight excluding hydrogens is 366 g/mol. The first-order chi connectivity index (χ1) is 13.6. The minimum Gasteiger partial charge on any atom is -0.478 e. The molecule has 6 heteroatoms. The highest BCUT2D eigenvalue weighted by Gasteiger charge is 2.30. The number of piperidine rings is 1. The van der Waals surface area contributed by atoms with Crippen molar-refractivity contribution < 1.29 is 14.7 Å². The second kappa shape index (κ2) is 8.31. The molecule has 1 aromatic carbocycles. The number of rotatable bonds is 4. The maximum Gasteiger partial charge on any atom is 0.335 e. The zero-order valence-corrected chi connectivity index (χ0v) is 17.6. The van der Waals surface area contributed by atoms with Crippen molar-refractivity contribution in [1.29, 1.82) is 0 Å². The quantitative estimate of drug-likeness (QED) is 0.847. The maximum atomic E-state index is 12.5. The molecule has 1 aromatic heterocycles. The fourth-order valence-electron chi connectivity index (χ4n) is 3.75. The average Bonchev–Trinajstić information content (AvgIpc) is 2.67. The Hall–Kier alpha value is -2.76. The summed E-state index contributed by atoms with van der Waals surface area (Å²) in [6.45, 7) is 9.37. The van der Waals surface area contributed by atoms with Crippen LogP contribution in [-0.2, 0) is 11.2 Å². The lowest BCUT2D eigenvalue weighted by atomic mass is 9.89. The Balaban J connectivity index is 1.71. The Labute approximate surface area is 172 Å². The Morgan fingerprint density at radius 2 is 1.83 bits per heavy atom. The Morgan fingerprint density at radius 3 is 2.45 bits per heavy atom.